The fraction of sp³-hybridized carbons (Fsp3) is 1.00. The summed E-state index contributed by atoms with van der Waals surface area (Å²) in [7, 11) is 0. The van der Waals surface area contributed by atoms with Gasteiger partial charge in [-0.15, -0.1) is 0 Å². The molecule has 17 heavy (non-hydrogen) atoms. The van der Waals surface area contributed by atoms with E-state index in [1.54, 1.807) is 0 Å². The standard InChI is InChI=1S/C15H28O2/c1-11(2)13-5-4-6-14(10-13)12(3)9-15-16-7-8-17-15/h11-15H,4-10H2,1-3H3. The molecule has 0 N–H and O–H groups in total. The predicted octanol–water partition coefficient (Wildman–Crippen LogP) is 3.85. The molecular weight excluding hydrogens is 212 g/mol. The van der Waals surface area contributed by atoms with Crippen LogP contribution in [0.15, 0.2) is 0 Å². The van der Waals surface area contributed by atoms with E-state index in [1.165, 1.54) is 25.7 Å². The zero-order chi connectivity index (χ0) is 12.3. The molecule has 1 saturated heterocycles. The van der Waals surface area contributed by atoms with Crippen molar-refractivity contribution in [2.45, 2.75) is 59.2 Å². The van der Waals surface area contributed by atoms with Crippen LogP contribution in [-0.2, 0) is 9.47 Å². The lowest BCUT2D eigenvalue weighted by Crippen LogP contribution is -2.26. The third kappa shape index (κ3) is 3.69. The molecule has 0 bridgehead atoms. The first kappa shape index (κ1) is 13.4. The molecule has 0 aromatic rings. The lowest BCUT2D eigenvalue weighted by Gasteiger charge is -2.35. The average molecular weight is 240 g/mol. The van der Waals surface area contributed by atoms with Crippen molar-refractivity contribution in [2.75, 3.05) is 13.2 Å². The Morgan fingerprint density at radius 2 is 1.65 bits per heavy atom. The molecule has 0 aromatic heterocycles. The third-order valence-electron chi connectivity index (χ3n) is 4.76. The maximum Gasteiger partial charge on any atom is 0.158 e. The summed E-state index contributed by atoms with van der Waals surface area (Å²) in [6.07, 6.45) is 6.88. The molecule has 1 aliphatic carbocycles. The topological polar surface area (TPSA) is 18.5 Å². The summed E-state index contributed by atoms with van der Waals surface area (Å²) >= 11 is 0. The van der Waals surface area contributed by atoms with Crippen LogP contribution in [0.2, 0.25) is 0 Å². The van der Waals surface area contributed by atoms with E-state index >= 15 is 0 Å². The quantitative estimate of drug-likeness (QED) is 0.743. The fourth-order valence-corrected chi connectivity index (χ4v) is 3.43. The van der Waals surface area contributed by atoms with E-state index in [0.717, 1.165) is 43.3 Å². The zero-order valence-electron chi connectivity index (χ0n) is 11.7. The van der Waals surface area contributed by atoms with Gasteiger partial charge in [0, 0.05) is 6.42 Å². The summed E-state index contributed by atoms with van der Waals surface area (Å²) in [5.41, 5.74) is 0. The van der Waals surface area contributed by atoms with Gasteiger partial charge in [0.2, 0.25) is 0 Å². The molecule has 0 amide bonds. The van der Waals surface area contributed by atoms with Gasteiger partial charge in [0.05, 0.1) is 13.2 Å². The Morgan fingerprint density at radius 3 is 2.29 bits per heavy atom. The number of hydrogen-bond acceptors (Lipinski definition) is 2. The van der Waals surface area contributed by atoms with Crippen molar-refractivity contribution in [3.63, 3.8) is 0 Å². The van der Waals surface area contributed by atoms with Crippen molar-refractivity contribution in [2.24, 2.45) is 23.7 Å². The molecule has 2 heteroatoms. The maximum atomic E-state index is 5.57. The lowest BCUT2D eigenvalue weighted by molar-refractivity contribution is -0.0627. The van der Waals surface area contributed by atoms with E-state index in [-0.39, 0.29) is 6.29 Å². The molecule has 0 spiro atoms. The van der Waals surface area contributed by atoms with Crippen LogP contribution in [0.3, 0.4) is 0 Å². The molecule has 1 aliphatic heterocycles. The van der Waals surface area contributed by atoms with Gasteiger partial charge < -0.3 is 9.47 Å². The van der Waals surface area contributed by atoms with Crippen LogP contribution in [0.4, 0.5) is 0 Å². The second-order valence-electron chi connectivity index (χ2n) is 6.31. The van der Waals surface area contributed by atoms with Crippen molar-refractivity contribution in [3.05, 3.63) is 0 Å². The summed E-state index contributed by atoms with van der Waals surface area (Å²) in [5.74, 6) is 3.44. The van der Waals surface area contributed by atoms with Crippen molar-refractivity contribution >= 4 is 0 Å². The summed E-state index contributed by atoms with van der Waals surface area (Å²) in [6, 6.07) is 0. The minimum Gasteiger partial charge on any atom is -0.350 e. The second-order valence-corrected chi connectivity index (χ2v) is 6.31. The molecule has 2 aliphatic rings. The van der Waals surface area contributed by atoms with E-state index in [2.05, 4.69) is 20.8 Å². The van der Waals surface area contributed by atoms with Crippen molar-refractivity contribution in [3.8, 4) is 0 Å². The van der Waals surface area contributed by atoms with E-state index < -0.39 is 0 Å². The van der Waals surface area contributed by atoms with Crippen LogP contribution < -0.4 is 0 Å². The molecule has 3 atom stereocenters. The first-order valence-corrected chi connectivity index (χ1v) is 7.40. The Hall–Kier alpha value is -0.0800. The Labute approximate surface area is 106 Å². The number of rotatable bonds is 4. The van der Waals surface area contributed by atoms with E-state index in [1.807, 2.05) is 0 Å². The maximum absolute atomic E-state index is 5.57. The lowest BCUT2D eigenvalue weighted by atomic mass is 9.71. The molecule has 0 aromatic carbocycles. The second kappa shape index (κ2) is 6.19. The molecular formula is C15H28O2. The normalized spacial score (nSPS) is 33.2. The molecule has 1 saturated carbocycles. The average Bonchev–Trinajstić information content (AvgIpc) is 2.82. The van der Waals surface area contributed by atoms with Gasteiger partial charge in [-0.3, -0.25) is 0 Å². The summed E-state index contributed by atoms with van der Waals surface area (Å²) in [5, 5.41) is 0. The smallest absolute Gasteiger partial charge is 0.158 e. The van der Waals surface area contributed by atoms with Gasteiger partial charge in [-0.1, -0.05) is 40.0 Å². The van der Waals surface area contributed by atoms with Crippen molar-refractivity contribution < 1.29 is 9.47 Å². The molecule has 3 unspecified atom stereocenters. The Bertz CT molecular complexity index is 221. The van der Waals surface area contributed by atoms with E-state index in [9.17, 15) is 0 Å². The largest absolute Gasteiger partial charge is 0.350 e. The molecule has 2 fully saturated rings. The zero-order valence-corrected chi connectivity index (χ0v) is 11.7. The molecule has 2 rings (SSSR count). The first-order chi connectivity index (χ1) is 8.16. The number of hydrogen-bond donors (Lipinski definition) is 0. The summed E-state index contributed by atoms with van der Waals surface area (Å²) in [4.78, 5) is 0. The van der Waals surface area contributed by atoms with Gasteiger partial charge in [-0.25, -0.2) is 0 Å². The first-order valence-electron chi connectivity index (χ1n) is 7.40. The third-order valence-corrected chi connectivity index (χ3v) is 4.76. The van der Waals surface area contributed by atoms with Gasteiger partial charge in [-0.05, 0) is 30.1 Å². The highest BCUT2D eigenvalue weighted by Crippen LogP contribution is 2.39. The molecule has 0 radical (unpaired) electrons. The van der Waals surface area contributed by atoms with Crippen LogP contribution in [0.1, 0.15) is 52.9 Å². The van der Waals surface area contributed by atoms with Gasteiger partial charge in [0.1, 0.15) is 0 Å². The minimum atomic E-state index is 0.0874. The monoisotopic (exact) mass is 240 g/mol. The highest BCUT2D eigenvalue weighted by molar-refractivity contribution is 4.79. The SMILES string of the molecule is CC(C)C1CCCC(C(C)CC2OCCO2)C1. The Kier molecular flexibility index (Phi) is 4.87. The highest BCUT2D eigenvalue weighted by atomic mass is 16.7. The predicted molar refractivity (Wildman–Crippen MR) is 69.8 cm³/mol. The van der Waals surface area contributed by atoms with Gasteiger partial charge in [0.15, 0.2) is 6.29 Å². The van der Waals surface area contributed by atoms with Crippen molar-refractivity contribution in [1.82, 2.24) is 0 Å². The molecule has 2 nitrogen and oxygen atoms in total. The van der Waals surface area contributed by atoms with Crippen LogP contribution >= 0.6 is 0 Å². The summed E-state index contributed by atoms with van der Waals surface area (Å²) < 4.78 is 11.1. The fourth-order valence-electron chi connectivity index (χ4n) is 3.43. The minimum absolute atomic E-state index is 0.0874. The summed E-state index contributed by atoms with van der Waals surface area (Å²) in [6.45, 7) is 8.72. The van der Waals surface area contributed by atoms with Gasteiger partial charge in [0.25, 0.3) is 0 Å². The number of ether oxygens (including phenoxy) is 2. The molecule has 100 valence electrons. The van der Waals surface area contributed by atoms with E-state index in [4.69, 9.17) is 9.47 Å². The van der Waals surface area contributed by atoms with Crippen LogP contribution in [0.5, 0.6) is 0 Å². The molecule has 1 heterocycles. The Balaban J connectivity index is 1.79. The van der Waals surface area contributed by atoms with Crippen LogP contribution in [-0.4, -0.2) is 19.5 Å². The van der Waals surface area contributed by atoms with Crippen LogP contribution in [0.25, 0.3) is 0 Å². The van der Waals surface area contributed by atoms with Gasteiger partial charge in [-0.2, -0.15) is 0 Å². The van der Waals surface area contributed by atoms with Gasteiger partial charge >= 0.3 is 0 Å². The van der Waals surface area contributed by atoms with Crippen LogP contribution in [0, 0.1) is 23.7 Å². The van der Waals surface area contributed by atoms with E-state index in [0.29, 0.717) is 0 Å². The van der Waals surface area contributed by atoms with Crippen molar-refractivity contribution in [1.29, 1.82) is 0 Å². The Morgan fingerprint density at radius 1 is 1.00 bits per heavy atom. The highest BCUT2D eigenvalue weighted by Gasteiger charge is 2.30.